The molecule has 1 aliphatic heterocycles. The topological polar surface area (TPSA) is 28.1 Å². The smallest absolute Gasteiger partial charge is 0.0736 e. The van der Waals surface area contributed by atoms with Crippen LogP contribution in [0.25, 0.3) is 12.2 Å². The zero-order valence-corrected chi connectivity index (χ0v) is 10.6. The van der Waals surface area contributed by atoms with Gasteiger partial charge in [-0.2, -0.15) is 0 Å². The molecule has 2 nitrogen and oxygen atoms in total. The first-order valence-electron chi connectivity index (χ1n) is 6.14. The molecule has 0 bridgehead atoms. The maximum Gasteiger partial charge on any atom is 0.0736 e. The molecular weight excluding hydrogens is 232 g/mol. The predicted molar refractivity (Wildman–Crippen MR) is 80.2 cm³/mol. The summed E-state index contributed by atoms with van der Waals surface area (Å²) in [6.07, 6.45) is 3.92. The fraction of sp³-hybridized carbons (Fsp3) is 0. The van der Waals surface area contributed by atoms with Crippen LogP contribution in [0.5, 0.6) is 0 Å². The third-order valence-electron chi connectivity index (χ3n) is 3.03. The third-order valence-corrected chi connectivity index (χ3v) is 3.03. The van der Waals surface area contributed by atoms with Gasteiger partial charge in [-0.05, 0) is 29.8 Å². The number of rotatable bonds is 2. The molecule has 1 aromatic carbocycles. The van der Waals surface area contributed by atoms with Gasteiger partial charge in [-0.1, -0.05) is 43.5 Å². The minimum absolute atomic E-state index is 0.782. The second kappa shape index (κ2) is 4.58. The summed E-state index contributed by atoms with van der Waals surface area (Å²) in [4.78, 5) is 7.76. The highest BCUT2D eigenvalue weighted by atomic mass is 14.8. The number of aromatic amines is 1. The maximum atomic E-state index is 4.48. The predicted octanol–water partition coefficient (Wildman–Crippen LogP) is 2.15. The molecule has 0 saturated heterocycles. The van der Waals surface area contributed by atoms with Crippen molar-refractivity contribution in [2.24, 2.45) is 4.99 Å². The molecule has 2 heteroatoms. The summed E-state index contributed by atoms with van der Waals surface area (Å²) in [5, 5.41) is 1.92. The van der Waals surface area contributed by atoms with Crippen LogP contribution in [-0.2, 0) is 0 Å². The van der Waals surface area contributed by atoms with Gasteiger partial charge in [0.05, 0.1) is 11.4 Å². The van der Waals surface area contributed by atoms with Gasteiger partial charge in [-0.15, -0.1) is 0 Å². The minimum Gasteiger partial charge on any atom is -0.355 e. The Morgan fingerprint density at radius 2 is 1.74 bits per heavy atom. The lowest BCUT2D eigenvalue weighted by Gasteiger charge is -2.05. The number of nitrogens with zero attached hydrogens (tertiary/aromatic N) is 1. The number of hydrogen-bond acceptors (Lipinski definition) is 1. The molecule has 1 aromatic heterocycles. The third kappa shape index (κ3) is 2.20. The Kier molecular flexibility index (Phi) is 2.76. The normalized spacial score (nSPS) is 15.6. The average molecular weight is 246 g/mol. The van der Waals surface area contributed by atoms with E-state index >= 15 is 0 Å². The molecule has 3 rings (SSSR count). The van der Waals surface area contributed by atoms with E-state index in [9.17, 15) is 0 Å². The van der Waals surface area contributed by atoms with Crippen LogP contribution in [0.1, 0.15) is 5.56 Å². The van der Waals surface area contributed by atoms with Crippen molar-refractivity contribution in [3.8, 4) is 0 Å². The van der Waals surface area contributed by atoms with E-state index in [0.29, 0.717) is 0 Å². The molecule has 0 saturated carbocycles. The monoisotopic (exact) mass is 246 g/mol. The van der Waals surface area contributed by atoms with Crippen molar-refractivity contribution in [3.63, 3.8) is 0 Å². The van der Waals surface area contributed by atoms with Crippen LogP contribution in [0.2, 0.25) is 0 Å². The number of H-pyrrole nitrogens is 1. The van der Waals surface area contributed by atoms with Gasteiger partial charge in [0.2, 0.25) is 0 Å². The summed E-state index contributed by atoms with van der Waals surface area (Å²) in [7, 11) is 0. The first kappa shape index (κ1) is 11.5. The summed E-state index contributed by atoms with van der Waals surface area (Å²) < 4.78 is 0. The van der Waals surface area contributed by atoms with Crippen LogP contribution >= 0.6 is 0 Å². The number of hydrogen-bond donors (Lipinski definition) is 1. The fourth-order valence-electron chi connectivity index (χ4n) is 2.18. The van der Waals surface area contributed by atoms with Crippen molar-refractivity contribution in [2.45, 2.75) is 0 Å². The SMILES string of the molecule is C=C1C=CC(/C(c2ccccc2)=c2/ccc(=C)[nH]2)=N1. The second-order valence-corrected chi connectivity index (χ2v) is 4.46. The number of nitrogens with one attached hydrogen (secondary N) is 1. The summed E-state index contributed by atoms with van der Waals surface area (Å²) in [5.41, 5.74) is 3.91. The first-order chi connectivity index (χ1) is 9.24. The van der Waals surface area contributed by atoms with Gasteiger partial charge in [0, 0.05) is 16.3 Å². The Balaban J connectivity index is 2.30. The molecule has 0 aliphatic carbocycles. The lowest BCUT2D eigenvalue weighted by molar-refractivity contribution is 1.27. The lowest BCUT2D eigenvalue weighted by atomic mass is 10.0. The van der Waals surface area contributed by atoms with Gasteiger partial charge in [0.25, 0.3) is 0 Å². The molecule has 0 atom stereocenters. The summed E-state index contributed by atoms with van der Waals surface area (Å²) in [6.45, 7) is 7.78. The molecule has 19 heavy (non-hydrogen) atoms. The minimum atomic E-state index is 0.782. The molecule has 0 fully saturated rings. The highest BCUT2D eigenvalue weighted by Gasteiger charge is 2.12. The molecule has 0 unspecified atom stereocenters. The largest absolute Gasteiger partial charge is 0.355 e. The number of aliphatic imine (C=N–C) groups is 1. The van der Waals surface area contributed by atoms with Gasteiger partial charge in [-0.25, -0.2) is 4.99 Å². The van der Waals surface area contributed by atoms with E-state index in [1.54, 1.807) is 0 Å². The first-order valence-corrected chi connectivity index (χ1v) is 6.14. The summed E-state index contributed by atoms with van der Waals surface area (Å²) in [5.74, 6) is 0. The van der Waals surface area contributed by atoms with E-state index in [0.717, 1.165) is 33.2 Å². The zero-order valence-electron chi connectivity index (χ0n) is 10.6. The van der Waals surface area contributed by atoms with Crippen LogP contribution in [0, 0.1) is 0 Å². The molecule has 1 aliphatic rings. The van der Waals surface area contributed by atoms with Crippen LogP contribution < -0.4 is 10.7 Å². The van der Waals surface area contributed by atoms with Crippen molar-refractivity contribution < 1.29 is 0 Å². The van der Waals surface area contributed by atoms with Crippen LogP contribution in [0.15, 0.2) is 71.9 Å². The number of benzene rings is 1. The Bertz CT molecular complexity index is 789. The molecule has 92 valence electrons. The van der Waals surface area contributed by atoms with Crippen LogP contribution in [0.3, 0.4) is 0 Å². The van der Waals surface area contributed by atoms with E-state index in [-0.39, 0.29) is 0 Å². The summed E-state index contributed by atoms with van der Waals surface area (Å²) >= 11 is 0. The van der Waals surface area contributed by atoms with Crippen molar-refractivity contribution in [2.75, 3.05) is 0 Å². The molecule has 1 N–H and O–H groups in total. The van der Waals surface area contributed by atoms with Gasteiger partial charge >= 0.3 is 0 Å². The van der Waals surface area contributed by atoms with E-state index in [1.165, 1.54) is 0 Å². The average Bonchev–Trinajstić information content (AvgIpc) is 3.01. The van der Waals surface area contributed by atoms with E-state index < -0.39 is 0 Å². The highest BCUT2D eigenvalue weighted by molar-refractivity contribution is 6.30. The Labute approximate surface area is 111 Å². The molecular formula is C17H14N2. The zero-order chi connectivity index (χ0) is 13.2. The highest BCUT2D eigenvalue weighted by Crippen LogP contribution is 2.18. The number of aromatic nitrogens is 1. The molecule has 2 heterocycles. The number of allylic oxidation sites excluding steroid dienone is 2. The van der Waals surface area contributed by atoms with Crippen molar-refractivity contribution >= 4 is 17.9 Å². The molecule has 0 amide bonds. The molecule has 0 radical (unpaired) electrons. The van der Waals surface area contributed by atoms with E-state index in [1.807, 2.05) is 42.5 Å². The van der Waals surface area contributed by atoms with Crippen molar-refractivity contribution in [1.29, 1.82) is 0 Å². The quantitative estimate of drug-likeness (QED) is 0.841. The maximum absolute atomic E-state index is 4.48. The van der Waals surface area contributed by atoms with Crippen LogP contribution in [-0.4, -0.2) is 10.7 Å². The Morgan fingerprint density at radius 1 is 0.947 bits per heavy atom. The Morgan fingerprint density at radius 3 is 2.32 bits per heavy atom. The fourth-order valence-corrected chi connectivity index (χ4v) is 2.18. The van der Waals surface area contributed by atoms with Gasteiger partial charge in [0.15, 0.2) is 0 Å². The van der Waals surface area contributed by atoms with E-state index in [2.05, 4.69) is 35.3 Å². The van der Waals surface area contributed by atoms with Gasteiger partial charge in [0.1, 0.15) is 0 Å². The molecule has 2 aromatic rings. The molecule has 0 spiro atoms. The standard InChI is InChI=1S/C17H14N2/c1-12-8-10-15(18-12)17(14-6-4-3-5-7-14)16-11-9-13(2)19-16/h3-11,18H,1-2H2/b17-15-. The summed E-state index contributed by atoms with van der Waals surface area (Å²) in [6, 6.07) is 14.2. The lowest BCUT2D eigenvalue weighted by Crippen LogP contribution is -2.16. The van der Waals surface area contributed by atoms with Gasteiger partial charge < -0.3 is 4.98 Å². The Hall–Kier alpha value is -2.61. The van der Waals surface area contributed by atoms with Crippen LogP contribution in [0.4, 0.5) is 0 Å². The van der Waals surface area contributed by atoms with E-state index in [4.69, 9.17) is 0 Å². The van der Waals surface area contributed by atoms with Crippen molar-refractivity contribution in [3.05, 3.63) is 83.2 Å². The van der Waals surface area contributed by atoms with Crippen molar-refractivity contribution in [1.82, 2.24) is 4.98 Å². The van der Waals surface area contributed by atoms with Gasteiger partial charge in [-0.3, -0.25) is 0 Å². The second-order valence-electron chi connectivity index (χ2n) is 4.46.